The molecule has 0 amide bonds. The minimum Gasteiger partial charge on any atom is -0.326 e. The van der Waals surface area contributed by atoms with Gasteiger partial charge in [-0.1, -0.05) is 37.3 Å². The highest BCUT2D eigenvalue weighted by Crippen LogP contribution is 2.26. The Labute approximate surface area is 119 Å². The number of likely N-dealkylation sites (N-methyl/N-ethyl adjacent to an activating group) is 1. The van der Waals surface area contributed by atoms with Crippen LogP contribution < -0.4 is 5.73 Å². The zero-order valence-corrected chi connectivity index (χ0v) is 12.4. The summed E-state index contributed by atoms with van der Waals surface area (Å²) in [5, 5.41) is 4.34. The van der Waals surface area contributed by atoms with Crippen LogP contribution in [0.5, 0.6) is 0 Å². The van der Waals surface area contributed by atoms with Crippen LogP contribution in [-0.4, -0.2) is 17.5 Å². The van der Waals surface area contributed by atoms with E-state index in [2.05, 4.69) is 65.9 Å². The Morgan fingerprint density at radius 2 is 1.95 bits per heavy atom. The summed E-state index contributed by atoms with van der Waals surface area (Å²) in [6.07, 6.45) is 0. The Kier molecular flexibility index (Phi) is 5.14. The van der Waals surface area contributed by atoms with Crippen LogP contribution in [0, 0.1) is 0 Å². The molecule has 0 aliphatic heterocycles. The third-order valence-electron chi connectivity index (χ3n) is 3.41. The van der Waals surface area contributed by atoms with E-state index in [1.807, 2.05) is 0 Å². The first-order chi connectivity index (χ1) is 9.22. The van der Waals surface area contributed by atoms with Gasteiger partial charge in [-0.3, -0.25) is 4.90 Å². The summed E-state index contributed by atoms with van der Waals surface area (Å²) in [7, 11) is 0. The lowest BCUT2D eigenvalue weighted by atomic mass is 10.0. The van der Waals surface area contributed by atoms with Crippen LogP contribution >= 0.6 is 11.3 Å². The van der Waals surface area contributed by atoms with Crippen molar-refractivity contribution in [3.63, 3.8) is 0 Å². The molecular formula is C16H22N2S. The molecule has 0 aliphatic rings. The molecule has 2 nitrogen and oxygen atoms in total. The van der Waals surface area contributed by atoms with Gasteiger partial charge in [-0.25, -0.2) is 0 Å². The second-order valence-electron chi connectivity index (χ2n) is 4.91. The van der Waals surface area contributed by atoms with E-state index < -0.39 is 0 Å². The minimum absolute atomic E-state index is 0.123. The normalized spacial score (nSPS) is 14.5. The molecule has 0 bridgehead atoms. The highest BCUT2D eigenvalue weighted by atomic mass is 32.1. The average molecular weight is 274 g/mol. The Morgan fingerprint density at radius 1 is 1.21 bits per heavy atom. The Balaban J connectivity index is 2.18. The van der Waals surface area contributed by atoms with E-state index in [9.17, 15) is 0 Å². The molecule has 3 heteroatoms. The minimum atomic E-state index is 0.123. The van der Waals surface area contributed by atoms with Crippen molar-refractivity contribution < 1.29 is 0 Å². The molecule has 1 aromatic carbocycles. The van der Waals surface area contributed by atoms with Crippen LogP contribution in [0.15, 0.2) is 47.2 Å². The van der Waals surface area contributed by atoms with Crippen molar-refractivity contribution in [2.75, 3.05) is 6.54 Å². The molecule has 1 aromatic heterocycles. The Hall–Kier alpha value is -1.16. The maximum absolute atomic E-state index is 6.22. The van der Waals surface area contributed by atoms with E-state index in [0.717, 1.165) is 13.1 Å². The zero-order valence-electron chi connectivity index (χ0n) is 11.6. The summed E-state index contributed by atoms with van der Waals surface area (Å²) >= 11 is 1.74. The maximum Gasteiger partial charge on any atom is 0.0508 e. The van der Waals surface area contributed by atoms with Gasteiger partial charge in [0.25, 0.3) is 0 Å². The Morgan fingerprint density at radius 3 is 2.47 bits per heavy atom. The van der Waals surface area contributed by atoms with E-state index in [4.69, 9.17) is 5.73 Å². The lowest BCUT2D eigenvalue weighted by Gasteiger charge is -2.33. The van der Waals surface area contributed by atoms with Crippen LogP contribution in [-0.2, 0) is 6.54 Å². The molecule has 102 valence electrons. The Bertz CT molecular complexity index is 465. The molecule has 0 aliphatic carbocycles. The molecule has 0 radical (unpaired) electrons. The molecule has 2 unspecified atom stereocenters. The molecule has 2 atom stereocenters. The molecule has 0 saturated carbocycles. The van der Waals surface area contributed by atoms with Crippen molar-refractivity contribution in [3.05, 3.63) is 58.3 Å². The summed E-state index contributed by atoms with van der Waals surface area (Å²) in [4.78, 5) is 2.45. The fraction of sp³-hybridized carbons (Fsp3) is 0.375. The number of benzene rings is 1. The van der Waals surface area contributed by atoms with Gasteiger partial charge in [0.05, 0.1) is 6.04 Å². The van der Waals surface area contributed by atoms with Crippen LogP contribution in [0.25, 0.3) is 0 Å². The number of thiophene rings is 1. The summed E-state index contributed by atoms with van der Waals surface area (Å²) in [5.74, 6) is 0. The first kappa shape index (κ1) is 14.3. The highest BCUT2D eigenvalue weighted by molar-refractivity contribution is 7.07. The number of hydrogen-bond acceptors (Lipinski definition) is 3. The predicted molar refractivity (Wildman–Crippen MR) is 83.2 cm³/mol. The van der Waals surface area contributed by atoms with Crippen LogP contribution in [0.4, 0.5) is 0 Å². The molecule has 1 heterocycles. The topological polar surface area (TPSA) is 29.3 Å². The van der Waals surface area contributed by atoms with Crippen molar-refractivity contribution in [2.45, 2.75) is 32.5 Å². The number of rotatable bonds is 6. The standard InChI is InChI=1S/C16H22N2S/c1-3-18(11-14-7-5-4-6-8-14)16(13(2)17)15-9-10-19-12-15/h4-10,12-13,16H,3,11,17H2,1-2H3. The second kappa shape index (κ2) is 6.85. The summed E-state index contributed by atoms with van der Waals surface area (Å²) in [6, 6.07) is 13.2. The van der Waals surface area contributed by atoms with Crippen molar-refractivity contribution in [1.82, 2.24) is 4.90 Å². The molecule has 2 N–H and O–H groups in total. The van der Waals surface area contributed by atoms with Gasteiger partial charge >= 0.3 is 0 Å². The van der Waals surface area contributed by atoms with E-state index in [1.165, 1.54) is 11.1 Å². The molecule has 0 fully saturated rings. The lowest BCUT2D eigenvalue weighted by molar-refractivity contribution is 0.177. The first-order valence-electron chi connectivity index (χ1n) is 6.78. The smallest absolute Gasteiger partial charge is 0.0508 e. The number of nitrogens with two attached hydrogens (primary N) is 1. The maximum atomic E-state index is 6.22. The third kappa shape index (κ3) is 3.66. The van der Waals surface area contributed by atoms with E-state index in [1.54, 1.807) is 11.3 Å². The van der Waals surface area contributed by atoms with Gasteiger partial charge in [-0.2, -0.15) is 11.3 Å². The third-order valence-corrected chi connectivity index (χ3v) is 4.11. The van der Waals surface area contributed by atoms with Gasteiger partial charge < -0.3 is 5.73 Å². The summed E-state index contributed by atoms with van der Waals surface area (Å²) in [5.41, 5.74) is 8.89. The highest BCUT2D eigenvalue weighted by Gasteiger charge is 2.23. The van der Waals surface area contributed by atoms with Crippen molar-refractivity contribution in [1.29, 1.82) is 0 Å². The van der Waals surface area contributed by atoms with E-state index in [-0.39, 0.29) is 12.1 Å². The van der Waals surface area contributed by atoms with Gasteiger partial charge in [0.1, 0.15) is 0 Å². The predicted octanol–water partition coefficient (Wildman–Crippen LogP) is 3.66. The van der Waals surface area contributed by atoms with Crippen molar-refractivity contribution in [2.24, 2.45) is 5.73 Å². The molecule has 0 spiro atoms. The fourth-order valence-corrected chi connectivity index (χ4v) is 3.20. The van der Waals surface area contributed by atoms with E-state index >= 15 is 0 Å². The largest absolute Gasteiger partial charge is 0.326 e. The van der Waals surface area contributed by atoms with Gasteiger partial charge in [-0.15, -0.1) is 0 Å². The molecule has 2 aromatic rings. The SMILES string of the molecule is CCN(Cc1ccccc1)C(c1ccsc1)C(C)N. The van der Waals surface area contributed by atoms with E-state index in [0.29, 0.717) is 0 Å². The lowest BCUT2D eigenvalue weighted by Crippen LogP contribution is -2.38. The zero-order chi connectivity index (χ0) is 13.7. The van der Waals surface area contributed by atoms with Crippen LogP contribution in [0.3, 0.4) is 0 Å². The molecule has 2 rings (SSSR count). The number of nitrogens with zero attached hydrogens (tertiary/aromatic N) is 1. The van der Waals surface area contributed by atoms with Crippen molar-refractivity contribution >= 4 is 11.3 Å². The van der Waals surface area contributed by atoms with Gasteiger partial charge in [0.15, 0.2) is 0 Å². The van der Waals surface area contributed by atoms with Crippen LogP contribution in [0.1, 0.15) is 31.0 Å². The van der Waals surface area contributed by atoms with Crippen molar-refractivity contribution in [3.8, 4) is 0 Å². The van der Waals surface area contributed by atoms with Gasteiger partial charge in [-0.05, 0) is 41.4 Å². The number of hydrogen-bond donors (Lipinski definition) is 1. The van der Waals surface area contributed by atoms with Gasteiger partial charge in [0, 0.05) is 12.6 Å². The molecule has 19 heavy (non-hydrogen) atoms. The monoisotopic (exact) mass is 274 g/mol. The van der Waals surface area contributed by atoms with Crippen LogP contribution in [0.2, 0.25) is 0 Å². The average Bonchev–Trinajstić information content (AvgIpc) is 2.92. The fourth-order valence-electron chi connectivity index (χ4n) is 2.51. The second-order valence-corrected chi connectivity index (χ2v) is 5.69. The summed E-state index contributed by atoms with van der Waals surface area (Å²) < 4.78 is 0. The molecular weight excluding hydrogens is 252 g/mol. The van der Waals surface area contributed by atoms with Gasteiger partial charge in [0.2, 0.25) is 0 Å². The molecule has 0 saturated heterocycles. The first-order valence-corrected chi connectivity index (χ1v) is 7.72. The summed E-state index contributed by atoms with van der Waals surface area (Å²) in [6.45, 7) is 6.23. The quantitative estimate of drug-likeness (QED) is 0.871.